The molecule has 1 atom stereocenters. The Morgan fingerprint density at radius 2 is 2.18 bits per heavy atom. The zero-order chi connectivity index (χ0) is 19.8. The van der Waals surface area contributed by atoms with Crippen LogP contribution in [-0.4, -0.2) is 60.5 Å². The van der Waals surface area contributed by atoms with Gasteiger partial charge in [0.05, 0.1) is 10.7 Å². The standard InChI is InChI=1S/C20H34N6OS/c1-3-19-24-17(14-28-19)13-26-9-7-15(8-10-26)11-23-20(21-4-2)25-16-5-6-18(27)22-12-16/h14-16H,3-13H2,1-2H3,(H,22,27)(H2,21,23,25). The van der Waals surface area contributed by atoms with E-state index in [1.807, 2.05) is 0 Å². The zero-order valence-electron chi connectivity index (χ0n) is 17.2. The van der Waals surface area contributed by atoms with Crippen molar-refractivity contribution in [2.24, 2.45) is 10.9 Å². The molecule has 3 rings (SSSR count). The molecule has 8 heteroatoms. The molecule has 1 unspecified atom stereocenters. The van der Waals surface area contributed by atoms with Crippen LogP contribution < -0.4 is 16.0 Å². The van der Waals surface area contributed by atoms with E-state index in [-0.39, 0.29) is 11.9 Å². The van der Waals surface area contributed by atoms with Crippen molar-refractivity contribution in [3.63, 3.8) is 0 Å². The number of piperidine rings is 2. The molecule has 1 amide bonds. The summed E-state index contributed by atoms with van der Waals surface area (Å²) in [5.74, 6) is 1.66. The van der Waals surface area contributed by atoms with Crippen LogP contribution in [0.4, 0.5) is 0 Å². The number of carbonyl (C=O) groups excluding carboxylic acids is 1. The molecule has 2 aliphatic rings. The normalized spacial score (nSPS) is 22.1. The zero-order valence-corrected chi connectivity index (χ0v) is 18.0. The Balaban J connectivity index is 1.42. The quantitative estimate of drug-likeness (QED) is 0.475. The molecule has 28 heavy (non-hydrogen) atoms. The second kappa shape index (κ2) is 10.8. The van der Waals surface area contributed by atoms with E-state index in [0.717, 1.165) is 51.5 Å². The number of aromatic nitrogens is 1. The number of thiazole rings is 1. The molecule has 0 spiro atoms. The van der Waals surface area contributed by atoms with Crippen molar-refractivity contribution < 1.29 is 4.79 Å². The van der Waals surface area contributed by atoms with Crippen LogP contribution in [0, 0.1) is 5.92 Å². The maximum Gasteiger partial charge on any atom is 0.220 e. The van der Waals surface area contributed by atoms with E-state index in [9.17, 15) is 4.79 Å². The van der Waals surface area contributed by atoms with Crippen molar-refractivity contribution in [3.05, 3.63) is 16.1 Å². The van der Waals surface area contributed by atoms with E-state index in [1.165, 1.54) is 23.5 Å². The molecule has 3 N–H and O–H groups in total. The highest BCUT2D eigenvalue weighted by molar-refractivity contribution is 7.09. The maximum atomic E-state index is 11.3. The largest absolute Gasteiger partial charge is 0.357 e. The van der Waals surface area contributed by atoms with E-state index in [2.05, 4.69) is 40.1 Å². The predicted octanol–water partition coefficient (Wildman–Crippen LogP) is 1.75. The van der Waals surface area contributed by atoms with E-state index < -0.39 is 0 Å². The molecular formula is C20H34N6OS. The SMILES string of the molecule is CCNC(=NCC1CCN(Cc2csc(CC)n2)CC1)NC1CCC(=O)NC1. The Hall–Kier alpha value is -1.67. The number of aliphatic imine (C=N–C) groups is 1. The summed E-state index contributed by atoms with van der Waals surface area (Å²) in [7, 11) is 0. The summed E-state index contributed by atoms with van der Waals surface area (Å²) in [6.45, 7) is 9.85. The fourth-order valence-electron chi connectivity index (χ4n) is 3.73. The van der Waals surface area contributed by atoms with Crippen LogP contribution in [0.5, 0.6) is 0 Å². The van der Waals surface area contributed by atoms with Crippen LogP contribution in [0.25, 0.3) is 0 Å². The number of nitrogens with one attached hydrogen (secondary N) is 3. The Morgan fingerprint density at radius 3 is 2.82 bits per heavy atom. The van der Waals surface area contributed by atoms with E-state index in [4.69, 9.17) is 9.98 Å². The summed E-state index contributed by atoms with van der Waals surface area (Å²) >= 11 is 1.78. The van der Waals surface area contributed by atoms with Crippen molar-refractivity contribution in [2.45, 2.75) is 58.5 Å². The molecule has 156 valence electrons. The minimum Gasteiger partial charge on any atom is -0.357 e. The van der Waals surface area contributed by atoms with Gasteiger partial charge in [0.15, 0.2) is 5.96 Å². The fourth-order valence-corrected chi connectivity index (χ4v) is 4.47. The number of aryl methyl sites for hydroxylation is 1. The van der Waals surface area contributed by atoms with Crippen LogP contribution >= 0.6 is 11.3 Å². The van der Waals surface area contributed by atoms with Crippen molar-refractivity contribution in [1.29, 1.82) is 0 Å². The molecule has 0 aliphatic carbocycles. The summed E-state index contributed by atoms with van der Waals surface area (Å²) in [6.07, 6.45) is 4.86. The average Bonchev–Trinajstić information content (AvgIpc) is 3.17. The minimum absolute atomic E-state index is 0.148. The second-order valence-corrected chi connectivity index (χ2v) is 8.65. The summed E-state index contributed by atoms with van der Waals surface area (Å²) in [5, 5.41) is 13.2. The maximum absolute atomic E-state index is 11.3. The van der Waals surface area contributed by atoms with Gasteiger partial charge in [-0.2, -0.15) is 0 Å². The Morgan fingerprint density at radius 1 is 1.36 bits per heavy atom. The van der Waals surface area contributed by atoms with Gasteiger partial charge in [0.1, 0.15) is 0 Å². The topological polar surface area (TPSA) is 81.7 Å². The lowest BCUT2D eigenvalue weighted by Crippen LogP contribution is -2.51. The van der Waals surface area contributed by atoms with Crippen LogP contribution in [0.3, 0.4) is 0 Å². The number of hydrogen-bond donors (Lipinski definition) is 3. The summed E-state index contributed by atoms with van der Waals surface area (Å²) < 4.78 is 0. The highest BCUT2D eigenvalue weighted by Crippen LogP contribution is 2.20. The van der Waals surface area contributed by atoms with Gasteiger partial charge < -0.3 is 16.0 Å². The first kappa shape index (κ1) is 21.0. The Kier molecular flexibility index (Phi) is 8.09. The number of hydrogen-bond acceptors (Lipinski definition) is 5. The molecular weight excluding hydrogens is 372 g/mol. The molecule has 2 aliphatic heterocycles. The van der Waals surface area contributed by atoms with E-state index >= 15 is 0 Å². The van der Waals surface area contributed by atoms with Crippen LogP contribution in [0.2, 0.25) is 0 Å². The van der Waals surface area contributed by atoms with Gasteiger partial charge in [0, 0.05) is 44.0 Å². The van der Waals surface area contributed by atoms with Gasteiger partial charge in [-0.1, -0.05) is 6.92 Å². The molecule has 0 radical (unpaired) electrons. The van der Waals surface area contributed by atoms with Crippen LogP contribution in [-0.2, 0) is 17.8 Å². The predicted molar refractivity (Wildman–Crippen MR) is 115 cm³/mol. The van der Waals surface area contributed by atoms with E-state index in [1.54, 1.807) is 11.3 Å². The van der Waals surface area contributed by atoms with Gasteiger partial charge in [0.25, 0.3) is 0 Å². The van der Waals surface area contributed by atoms with Gasteiger partial charge in [-0.3, -0.25) is 14.7 Å². The van der Waals surface area contributed by atoms with Gasteiger partial charge in [-0.05, 0) is 51.6 Å². The molecule has 2 fully saturated rings. The lowest BCUT2D eigenvalue weighted by molar-refractivity contribution is -0.122. The van der Waals surface area contributed by atoms with Gasteiger partial charge in [0.2, 0.25) is 5.91 Å². The second-order valence-electron chi connectivity index (χ2n) is 7.71. The Bertz CT molecular complexity index is 643. The molecule has 3 heterocycles. The molecule has 0 bridgehead atoms. The molecule has 2 saturated heterocycles. The third-order valence-corrected chi connectivity index (χ3v) is 6.49. The van der Waals surface area contributed by atoms with Crippen molar-refractivity contribution in [1.82, 2.24) is 25.8 Å². The molecule has 7 nitrogen and oxygen atoms in total. The number of rotatable bonds is 7. The minimum atomic E-state index is 0.148. The number of likely N-dealkylation sites (tertiary alicyclic amines) is 1. The van der Waals surface area contributed by atoms with Crippen LogP contribution in [0.15, 0.2) is 10.4 Å². The smallest absolute Gasteiger partial charge is 0.220 e. The summed E-state index contributed by atoms with van der Waals surface area (Å²) in [6, 6.07) is 0.267. The van der Waals surface area contributed by atoms with Crippen LogP contribution in [0.1, 0.15) is 50.2 Å². The van der Waals surface area contributed by atoms with Gasteiger partial charge in [-0.15, -0.1) is 11.3 Å². The summed E-state index contributed by atoms with van der Waals surface area (Å²) in [4.78, 5) is 23.4. The number of nitrogens with zero attached hydrogens (tertiary/aromatic N) is 3. The third-order valence-electron chi connectivity index (χ3n) is 5.45. The first-order valence-electron chi connectivity index (χ1n) is 10.6. The highest BCUT2D eigenvalue weighted by Gasteiger charge is 2.21. The van der Waals surface area contributed by atoms with Crippen molar-refractivity contribution in [2.75, 3.05) is 32.7 Å². The molecule has 0 saturated carbocycles. The number of amides is 1. The average molecular weight is 407 g/mol. The number of guanidine groups is 1. The van der Waals surface area contributed by atoms with E-state index in [0.29, 0.717) is 18.9 Å². The molecule has 1 aromatic rings. The van der Waals surface area contributed by atoms with Crippen molar-refractivity contribution in [3.8, 4) is 0 Å². The molecule has 1 aromatic heterocycles. The third kappa shape index (κ3) is 6.44. The van der Waals surface area contributed by atoms with Gasteiger partial charge in [-0.25, -0.2) is 4.98 Å². The number of carbonyl (C=O) groups is 1. The van der Waals surface area contributed by atoms with Gasteiger partial charge >= 0.3 is 0 Å². The first-order valence-corrected chi connectivity index (χ1v) is 11.5. The summed E-state index contributed by atoms with van der Waals surface area (Å²) in [5.41, 5.74) is 1.22. The fraction of sp³-hybridized carbons (Fsp3) is 0.750. The molecule has 0 aromatic carbocycles. The monoisotopic (exact) mass is 406 g/mol. The Labute approximate surface area is 172 Å². The lowest BCUT2D eigenvalue weighted by atomic mass is 9.97. The van der Waals surface area contributed by atoms with Crippen molar-refractivity contribution >= 4 is 23.2 Å². The lowest BCUT2D eigenvalue weighted by Gasteiger charge is -2.31. The highest BCUT2D eigenvalue weighted by atomic mass is 32.1. The first-order chi connectivity index (χ1) is 13.7.